The van der Waals surface area contributed by atoms with E-state index in [9.17, 15) is 9.59 Å². The Balaban J connectivity index is 0.00000363. The molecule has 6 nitrogen and oxygen atoms in total. The van der Waals surface area contributed by atoms with Crippen molar-refractivity contribution in [1.29, 1.82) is 0 Å². The van der Waals surface area contributed by atoms with Gasteiger partial charge in [0.15, 0.2) is 0 Å². The van der Waals surface area contributed by atoms with E-state index in [1.807, 2.05) is 30.3 Å². The summed E-state index contributed by atoms with van der Waals surface area (Å²) in [6.45, 7) is 1.28. The number of amides is 1. The van der Waals surface area contributed by atoms with Gasteiger partial charge >= 0.3 is 0 Å². The van der Waals surface area contributed by atoms with Crippen molar-refractivity contribution in [1.82, 2.24) is 14.9 Å². The van der Waals surface area contributed by atoms with Crippen molar-refractivity contribution in [3.63, 3.8) is 0 Å². The van der Waals surface area contributed by atoms with E-state index in [1.54, 1.807) is 6.07 Å². The number of aromatic nitrogens is 2. The summed E-state index contributed by atoms with van der Waals surface area (Å²) in [6, 6.07) is 15.5. The van der Waals surface area contributed by atoms with E-state index in [-0.39, 0.29) is 30.4 Å². The van der Waals surface area contributed by atoms with Crippen molar-refractivity contribution in [3.05, 3.63) is 74.7 Å². The lowest BCUT2D eigenvalue weighted by atomic mass is 10.1. The first kappa shape index (κ1) is 26.0. The molecule has 3 aromatic rings. The van der Waals surface area contributed by atoms with Gasteiger partial charge in [-0.25, -0.2) is 4.98 Å². The first-order valence-corrected chi connectivity index (χ1v) is 11.6. The predicted octanol–water partition coefficient (Wildman–Crippen LogP) is 4.00. The average Bonchev–Trinajstić information content (AvgIpc) is 2.78. The summed E-state index contributed by atoms with van der Waals surface area (Å²) < 4.78 is 2.32. The van der Waals surface area contributed by atoms with Crippen LogP contribution in [0.25, 0.3) is 10.9 Å². The molecule has 8 heteroatoms. The number of nitrogens with zero attached hydrogens (tertiary/aromatic N) is 2. The van der Waals surface area contributed by atoms with Gasteiger partial charge in [0, 0.05) is 17.4 Å². The molecule has 32 heavy (non-hydrogen) atoms. The summed E-state index contributed by atoms with van der Waals surface area (Å²) in [6.07, 6.45) is 5.34. The van der Waals surface area contributed by atoms with Gasteiger partial charge in [-0.15, -0.1) is 12.4 Å². The van der Waals surface area contributed by atoms with Crippen LogP contribution in [-0.4, -0.2) is 28.5 Å². The van der Waals surface area contributed by atoms with Crippen molar-refractivity contribution in [2.24, 2.45) is 5.73 Å². The molecule has 0 radical (unpaired) electrons. The van der Waals surface area contributed by atoms with Crippen LogP contribution in [-0.2, 0) is 24.2 Å². The molecule has 1 aromatic heterocycles. The minimum Gasteiger partial charge on any atom is -0.355 e. The number of hydrogen-bond acceptors (Lipinski definition) is 4. The van der Waals surface area contributed by atoms with E-state index in [2.05, 4.69) is 33.4 Å². The number of hydrogen-bond donors (Lipinski definition) is 2. The molecule has 0 saturated carbocycles. The van der Waals surface area contributed by atoms with Gasteiger partial charge in [0.25, 0.3) is 5.56 Å². The van der Waals surface area contributed by atoms with Gasteiger partial charge in [0.05, 0.1) is 10.9 Å². The van der Waals surface area contributed by atoms with Crippen LogP contribution in [0.1, 0.15) is 37.1 Å². The third-order valence-electron chi connectivity index (χ3n) is 5.23. The monoisotopic (exact) mass is 520 g/mol. The largest absolute Gasteiger partial charge is 0.355 e. The normalized spacial score (nSPS) is 10.7. The molecule has 0 fully saturated rings. The maximum absolute atomic E-state index is 13.2. The molecular formula is C24H30BrClN4O2. The van der Waals surface area contributed by atoms with Gasteiger partial charge in [-0.1, -0.05) is 59.1 Å². The van der Waals surface area contributed by atoms with Crippen LogP contribution in [0, 0.1) is 0 Å². The van der Waals surface area contributed by atoms with E-state index < -0.39 is 0 Å². The van der Waals surface area contributed by atoms with Gasteiger partial charge in [-0.3, -0.25) is 14.2 Å². The Morgan fingerprint density at radius 2 is 1.78 bits per heavy atom. The van der Waals surface area contributed by atoms with Gasteiger partial charge in [-0.05, 0) is 49.6 Å². The summed E-state index contributed by atoms with van der Waals surface area (Å²) >= 11 is 3.42. The average molecular weight is 522 g/mol. The van der Waals surface area contributed by atoms with Crippen molar-refractivity contribution in [3.8, 4) is 0 Å². The number of fused-ring (bicyclic) bond motifs is 1. The number of halogens is 2. The van der Waals surface area contributed by atoms with Crippen LogP contribution in [0.4, 0.5) is 0 Å². The Labute approximate surface area is 203 Å². The van der Waals surface area contributed by atoms with Crippen LogP contribution in [0.3, 0.4) is 0 Å². The Morgan fingerprint density at radius 1 is 1.03 bits per heavy atom. The highest BCUT2D eigenvalue weighted by molar-refractivity contribution is 9.10. The molecule has 3 rings (SSSR count). The van der Waals surface area contributed by atoms with Gasteiger partial charge in [0.1, 0.15) is 12.4 Å². The van der Waals surface area contributed by atoms with Crippen molar-refractivity contribution >= 4 is 45.1 Å². The van der Waals surface area contributed by atoms with Crippen LogP contribution in [0.15, 0.2) is 57.8 Å². The zero-order valence-corrected chi connectivity index (χ0v) is 20.5. The predicted molar refractivity (Wildman–Crippen MR) is 135 cm³/mol. The Hall–Kier alpha value is -2.22. The van der Waals surface area contributed by atoms with Crippen LogP contribution in [0.2, 0.25) is 0 Å². The van der Waals surface area contributed by atoms with E-state index in [4.69, 9.17) is 10.7 Å². The molecule has 0 aliphatic heterocycles. The molecule has 1 amide bonds. The molecule has 2 aromatic carbocycles. The maximum Gasteiger partial charge on any atom is 0.261 e. The van der Waals surface area contributed by atoms with Gasteiger partial charge < -0.3 is 11.1 Å². The lowest BCUT2D eigenvalue weighted by Gasteiger charge is -2.14. The van der Waals surface area contributed by atoms with E-state index in [1.165, 1.54) is 10.1 Å². The van der Waals surface area contributed by atoms with Crippen molar-refractivity contribution < 1.29 is 4.79 Å². The third kappa shape index (κ3) is 7.43. The van der Waals surface area contributed by atoms with Crippen LogP contribution >= 0.6 is 28.3 Å². The summed E-state index contributed by atoms with van der Waals surface area (Å²) in [7, 11) is 0. The number of benzene rings is 2. The number of rotatable bonds is 11. The number of carbonyl (C=O) groups excluding carboxylic acids is 1. The molecule has 0 unspecified atom stereocenters. The molecule has 0 atom stereocenters. The smallest absolute Gasteiger partial charge is 0.261 e. The minimum absolute atomic E-state index is 0. The quantitative estimate of drug-likeness (QED) is 0.373. The molecule has 1 heterocycles. The summed E-state index contributed by atoms with van der Waals surface area (Å²) in [4.78, 5) is 30.5. The standard InChI is InChI=1S/C24H29BrN4O2.ClH/c25-19-11-12-21-20(16-19)24(31)29(17-23(30)27-15-7-2-1-6-14-26)22(28-21)13-10-18-8-4-3-5-9-18;/h3-5,8-9,11-12,16H,1-2,6-7,10,13-15,17,26H2,(H,27,30);1H. The fourth-order valence-electron chi connectivity index (χ4n) is 3.54. The number of aryl methyl sites for hydroxylation is 2. The summed E-state index contributed by atoms with van der Waals surface area (Å²) in [5, 5.41) is 3.44. The first-order chi connectivity index (χ1) is 15.1. The number of nitrogens with two attached hydrogens (primary N) is 1. The van der Waals surface area contributed by atoms with Gasteiger partial charge in [-0.2, -0.15) is 0 Å². The highest BCUT2D eigenvalue weighted by atomic mass is 79.9. The number of nitrogens with one attached hydrogen (secondary N) is 1. The Bertz CT molecular complexity index is 1070. The fraction of sp³-hybridized carbons (Fsp3) is 0.375. The van der Waals surface area contributed by atoms with Crippen molar-refractivity contribution in [2.45, 2.75) is 45.1 Å². The summed E-state index contributed by atoms with van der Waals surface area (Å²) in [5.74, 6) is 0.458. The molecule has 0 bridgehead atoms. The second-order valence-corrected chi connectivity index (χ2v) is 8.53. The highest BCUT2D eigenvalue weighted by Gasteiger charge is 2.14. The van der Waals surface area contributed by atoms with E-state index in [0.29, 0.717) is 36.2 Å². The first-order valence-electron chi connectivity index (χ1n) is 10.8. The van der Waals surface area contributed by atoms with Gasteiger partial charge in [0.2, 0.25) is 5.91 Å². The second kappa shape index (κ2) is 13.4. The molecule has 0 saturated heterocycles. The number of unbranched alkanes of at least 4 members (excludes halogenated alkanes) is 3. The van der Waals surface area contributed by atoms with Crippen LogP contribution < -0.4 is 16.6 Å². The number of carbonyl (C=O) groups is 1. The van der Waals surface area contributed by atoms with Crippen LogP contribution in [0.5, 0.6) is 0 Å². The lowest BCUT2D eigenvalue weighted by molar-refractivity contribution is -0.121. The molecule has 0 spiro atoms. The lowest BCUT2D eigenvalue weighted by Crippen LogP contribution is -2.35. The molecule has 172 valence electrons. The molecule has 3 N–H and O–H groups in total. The Kier molecular flexibility index (Phi) is 10.9. The second-order valence-electron chi connectivity index (χ2n) is 7.62. The van der Waals surface area contributed by atoms with E-state index in [0.717, 1.165) is 36.6 Å². The molecular weight excluding hydrogens is 492 g/mol. The summed E-state index contributed by atoms with van der Waals surface area (Å²) in [5.41, 5.74) is 7.13. The van der Waals surface area contributed by atoms with E-state index >= 15 is 0 Å². The maximum atomic E-state index is 13.2. The fourth-order valence-corrected chi connectivity index (χ4v) is 3.91. The molecule has 0 aliphatic carbocycles. The molecule has 0 aliphatic rings. The zero-order valence-electron chi connectivity index (χ0n) is 18.1. The third-order valence-corrected chi connectivity index (χ3v) is 5.72. The topological polar surface area (TPSA) is 90.0 Å². The zero-order chi connectivity index (χ0) is 22.1. The SMILES string of the molecule is Cl.NCCCCCCNC(=O)Cn1c(CCc2ccccc2)nc2ccc(Br)cc2c1=O. The Morgan fingerprint density at radius 3 is 2.53 bits per heavy atom. The highest BCUT2D eigenvalue weighted by Crippen LogP contribution is 2.17. The minimum atomic E-state index is -0.188. The van der Waals surface area contributed by atoms with Crippen molar-refractivity contribution in [2.75, 3.05) is 13.1 Å².